The number of hydrogen-bond donors (Lipinski definition) is 2. The van der Waals surface area contributed by atoms with Crippen LogP contribution in [0.2, 0.25) is 0 Å². The predicted octanol–water partition coefficient (Wildman–Crippen LogP) is 2.19. The van der Waals surface area contributed by atoms with E-state index in [2.05, 4.69) is 16.5 Å². The lowest BCUT2D eigenvalue weighted by Gasteiger charge is -2.23. The van der Waals surface area contributed by atoms with E-state index in [4.69, 9.17) is 5.73 Å². The van der Waals surface area contributed by atoms with Gasteiger partial charge in [-0.1, -0.05) is 13.3 Å². The van der Waals surface area contributed by atoms with Gasteiger partial charge in [0, 0.05) is 18.8 Å². The molecular weight excluding hydrogens is 286 g/mol. The van der Waals surface area contributed by atoms with Gasteiger partial charge in [-0.2, -0.15) is 0 Å². The summed E-state index contributed by atoms with van der Waals surface area (Å²) in [6, 6.07) is 5.22. The number of nitrogens with zero attached hydrogens (tertiary/aromatic N) is 1. The molecule has 6 heteroatoms. The van der Waals surface area contributed by atoms with E-state index in [-0.39, 0.29) is 4.90 Å². The summed E-state index contributed by atoms with van der Waals surface area (Å²) in [7, 11) is -2.10. The third-order valence-electron chi connectivity index (χ3n) is 4.34. The summed E-state index contributed by atoms with van der Waals surface area (Å²) in [6.45, 7) is 4.26. The average molecular weight is 311 g/mol. The first kappa shape index (κ1) is 16.1. The standard InChI is InChI=1S/C15H25N3O2S/c1-3-12-5-4-9-18(10-8-12)13-6-7-15(14(16)11-13)21(19,20)17-2/h6-7,11-12,17H,3-5,8-10,16H2,1-2H3. The van der Waals surface area contributed by atoms with Crippen molar-refractivity contribution in [1.29, 1.82) is 0 Å². The Labute approximate surface area is 127 Å². The van der Waals surface area contributed by atoms with Crippen LogP contribution in [-0.4, -0.2) is 28.6 Å². The second kappa shape index (κ2) is 6.66. The molecule has 0 bridgehead atoms. The minimum absolute atomic E-state index is 0.148. The zero-order chi connectivity index (χ0) is 15.5. The summed E-state index contributed by atoms with van der Waals surface area (Å²) in [6.07, 6.45) is 4.87. The minimum atomic E-state index is -3.49. The highest BCUT2D eigenvalue weighted by Crippen LogP contribution is 2.28. The summed E-state index contributed by atoms with van der Waals surface area (Å²) in [5, 5.41) is 0. The largest absolute Gasteiger partial charge is 0.398 e. The van der Waals surface area contributed by atoms with Gasteiger partial charge < -0.3 is 10.6 Å². The zero-order valence-electron chi connectivity index (χ0n) is 12.8. The molecule has 0 spiro atoms. The van der Waals surface area contributed by atoms with Crippen LogP contribution in [0.4, 0.5) is 11.4 Å². The number of rotatable bonds is 4. The molecule has 1 atom stereocenters. The van der Waals surface area contributed by atoms with Gasteiger partial charge in [-0.25, -0.2) is 13.1 Å². The minimum Gasteiger partial charge on any atom is -0.398 e. The third-order valence-corrected chi connectivity index (χ3v) is 5.83. The Morgan fingerprint density at radius 1 is 1.33 bits per heavy atom. The zero-order valence-corrected chi connectivity index (χ0v) is 13.6. The van der Waals surface area contributed by atoms with E-state index in [9.17, 15) is 8.42 Å². The van der Waals surface area contributed by atoms with E-state index in [0.717, 1.165) is 24.7 Å². The van der Waals surface area contributed by atoms with Crippen LogP contribution in [0.15, 0.2) is 23.1 Å². The van der Waals surface area contributed by atoms with Crippen molar-refractivity contribution in [3.05, 3.63) is 18.2 Å². The molecule has 0 amide bonds. The third kappa shape index (κ3) is 3.68. The molecule has 0 radical (unpaired) electrons. The first-order valence-corrected chi connectivity index (χ1v) is 9.04. The maximum Gasteiger partial charge on any atom is 0.242 e. The van der Waals surface area contributed by atoms with Gasteiger partial charge in [0.2, 0.25) is 10.0 Å². The number of benzene rings is 1. The molecule has 1 aliphatic heterocycles. The van der Waals surface area contributed by atoms with Crippen molar-refractivity contribution in [2.75, 3.05) is 30.8 Å². The number of nitrogen functional groups attached to an aromatic ring is 1. The quantitative estimate of drug-likeness (QED) is 0.836. The number of sulfonamides is 1. The first-order valence-electron chi connectivity index (χ1n) is 7.56. The summed E-state index contributed by atoms with van der Waals surface area (Å²) in [5.74, 6) is 0.802. The van der Waals surface area contributed by atoms with E-state index in [1.54, 1.807) is 12.1 Å². The fourth-order valence-corrected chi connectivity index (χ4v) is 3.76. The molecule has 1 aromatic rings. The van der Waals surface area contributed by atoms with Gasteiger partial charge in [-0.05, 0) is 50.4 Å². The van der Waals surface area contributed by atoms with Gasteiger partial charge in [0.1, 0.15) is 4.90 Å². The first-order chi connectivity index (χ1) is 9.97. The van der Waals surface area contributed by atoms with Crippen molar-refractivity contribution in [2.24, 2.45) is 5.92 Å². The lowest BCUT2D eigenvalue weighted by atomic mass is 9.98. The molecule has 1 saturated heterocycles. The van der Waals surface area contributed by atoms with Crippen LogP contribution in [0.25, 0.3) is 0 Å². The molecule has 1 aliphatic rings. The summed E-state index contributed by atoms with van der Waals surface area (Å²) in [4.78, 5) is 2.46. The van der Waals surface area contributed by atoms with Crippen LogP contribution < -0.4 is 15.4 Å². The Kier molecular flexibility index (Phi) is 5.11. The van der Waals surface area contributed by atoms with Gasteiger partial charge >= 0.3 is 0 Å². The summed E-state index contributed by atoms with van der Waals surface area (Å²) >= 11 is 0. The Morgan fingerprint density at radius 3 is 2.71 bits per heavy atom. The number of anilines is 2. The molecule has 3 N–H and O–H groups in total. The average Bonchev–Trinajstić information content (AvgIpc) is 2.72. The van der Waals surface area contributed by atoms with Gasteiger partial charge in [-0.15, -0.1) is 0 Å². The number of hydrogen-bond acceptors (Lipinski definition) is 4. The van der Waals surface area contributed by atoms with Gasteiger partial charge in [0.15, 0.2) is 0 Å². The molecule has 1 unspecified atom stereocenters. The van der Waals surface area contributed by atoms with Crippen molar-refractivity contribution in [3.8, 4) is 0 Å². The smallest absolute Gasteiger partial charge is 0.242 e. The van der Waals surface area contributed by atoms with E-state index in [1.165, 1.54) is 32.7 Å². The predicted molar refractivity (Wildman–Crippen MR) is 86.9 cm³/mol. The molecule has 21 heavy (non-hydrogen) atoms. The Bertz CT molecular complexity index is 587. The SMILES string of the molecule is CCC1CCCN(c2ccc(S(=O)(=O)NC)c(N)c2)CC1. The fourth-order valence-electron chi connectivity index (χ4n) is 2.92. The molecule has 0 aromatic heterocycles. The maximum absolute atomic E-state index is 11.8. The molecule has 1 fully saturated rings. The molecular formula is C15H25N3O2S. The molecule has 0 aliphatic carbocycles. The Morgan fingerprint density at radius 2 is 2.10 bits per heavy atom. The highest BCUT2D eigenvalue weighted by molar-refractivity contribution is 7.89. The molecule has 2 rings (SSSR count). The highest BCUT2D eigenvalue weighted by Gasteiger charge is 2.19. The van der Waals surface area contributed by atoms with Crippen LogP contribution in [0, 0.1) is 5.92 Å². The lowest BCUT2D eigenvalue weighted by Crippen LogP contribution is -2.25. The van der Waals surface area contributed by atoms with Gasteiger partial charge in [0.05, 0.1) is 5.69 Å². The van der Waals surface area contributed by atoms with Crippen LogP contribution in [0.3, 0.4) is 0 Å². The van der Waals surface area contributed by atoms with E-state index >= 15 is 0 Å². The Hall–Kier alpha value is -1.27. The van der Waals surface area contributed by atoms with E-state index in [1.807, 2.05) is 6.07 Å². The Balaban J connectivity index is 2.20. The molecule has 1 heterocycles. The molecule has 5 nitrogen and oxygen atoms in total. The van der Waals surface area contributed by atoms with Crippen molar-refractivity contribution in [1.82, 2.24) is 4.72 Å². The van der Waals surface area contributed by atoms with Crippen molar-refractivity contribution >= 4 is 21.4 Å². The summed E-state index contributed by atoms with van der Waals surface area (Å²) in [5.41, 5.74) is 7.25. The normalized spacial score (nSPS) is 20.3. The molecule has 118 valence electrons. The topological polar surface area (TPSA) is 75.4 Å². The van der Waals surface area contributed by atoms with E-state index < -0.39 is 10.0 Å². The van der Waals surface area contributed by atoms with Gasteiger partial charge in [0.25, 0.3) is 0 Å². The summed E-state index contributed by atoms with van der Waals surface area (Å²) < 4.78 is 26.0. The van der Waals surface area contributed by atoms with Crippen molar-refractivity contribution in [3.63, 3.8) is 0 Å². The van der Waals surface area contributed by atoms with Crippen LogP contribution in [-0.2, 0) is 10.0 Å². The number of nitrogens with one attached hydrogen (secondary N) is 1. The maximum atomic E-state index is 11.8. The highest BCUT2D eigenvalue weighted by atomic mass is 32.2. The van der Waals surface area contributed by atoms with Crippen LogP contribution >= 0.6 is 0 Å². The van der Waals surface area contributed by atoms with Crippen molar-refractivity contribution in [2.45, 2.75) is 37.5 Å². The monoisotopic (exact) mass is 311 g/mol. The van der Waals surface area contributed by atoms with Crippen molar-refractivity contribution < 1.29 is 8.42 Å². The van der Waals surface area contributed by atoms with E-state index in [0.29, 0.717) is 5.69 Å². The second-order valence-corrected chi connectivity index (χ2v) is 7.48. The second-order valence-electron chi connectivity index (χ2n) is 5.62. The molecule has 0 saturated carbocycles. The molecule has 1 aromatic carbocycles. The van der Waals surface area contributed by atoms with Gasteiger partial charge in [-0.3, -0.25) is 0 Å². The number of nitrogens with two attached hydrogens (primary N) is 1. The van der Waals surface area contributed by atoms with Crippen LogP contribution in [0.1, 0.15) is 32.6 Å². The lowest BCUT2D eigenvalue weighted by molar-refractivity contribution is 0.459. The van der Waals surface area contributed by atoms with Crippen LogP contribution in [0.5, 0.6) is 0 Å². The fraction of sp³-hybridized carbons (Fsp3) is 0.600.